The SMILES string of the molecule is Cn1c2c(c3c1=CCC(=S(=O)=O)C=3C(=O)O)C1CCC(C2)N1. The van der Waals surface area contributed by atoms with Crippen molar-refractivity contribution >= 4 is 32.8 Å². The quantitative estimate of drug-likeness (QED) is 0.638. The first-order valence-corrected chi connectivity index (χ1v) is 8.43. The molecule has 7 heteroatoms. The van der Waals surface area contributed by atoms with E-state index in [1.54, 1.807) is 0 Å². The van der Waals surface area contributed by atoms with Crippen LogP contribution in [0.2, 0.25) is 0 Å². The number of aliphatic carboxylic acids is 1. The van der Waals surface area contributed by atoms with Gasteiger partial charge in [0.15, 0.2) is 0 Å². The van der Waals surface area contributed by atoms with Crippen LogP contribution in [0.15, 0.2) is 0 Å². The van der Waals surface area contributed by atoms with Gasteiger partial charge in [0.25, 0.3) is 0 Å². The molecule has 0 spiro atoms. The van der Waals surface area contributed by atoms with Crippen molar-refractivity contribution in [3.63, 3.8) is 0 Å². The van der Waals surface area contributed by atoms with Crippen LogP contribution < -0.4 is 15.9 Å². The summed E-state index contributed by atoms with van der Waals surface area (Å²) in [6, 6.07) is 0.573. The molecule has 1 aromatic heterocycles. The van der Waals surface area contributed by atoms with Crippen LogP contribution in [0.5, 0.6) is 0 Å². The summed E-state index contributed by atoms with van der Waals surface area (Å²) in [5, 5.41) is 14.6. The Morgan fingerprint density at radius 1 is 1.41 bits per heavy atom. The van der Waals surface area contributed by atoms with Crippen LogP contribution in [-0.4, -0.2) is 35.0 Å². The molecule has 3 heterocycles. The molecule has 0 saturated carbocycles. The van der Waals surface area contributed by atoms with Gasteiger partial charge in [0.1, 0.15) is 0 Å². The second-order valence-electron chi connectivity index (χ2n) is 6.12. The van der Waals surface area contributed by atoms with Gasteiger partial charge < -0.3 is 15.0 Å². The number of nitrogens with zero attached hydrogens (tertiary/aromatic N) is 1. The minimum atomic E-state index is -2.52. The molecular weight excluding hydrogens is 304 g/mol. The zero-order valence-corrected chi connectivity index (χ0v) is 12.9. The lowest BCUT2D eigenvalue weighted by molar-refractivity contribution is -0.130. The number of nitrogens with one attached hydrogen (secondary N) is 1. The fourth-order valence-corrected chi connectivity index (χ4v) is 4.72. The molecule has 2 N–H and O–H groups in total. The molecule has 1 fully saturated rings. The van der Waals surface area contributed by atoms with E-state index in [4.69, 9.17) is 0 Å². The predicted molar refractivity (Wildman–Crippen MR) is 81.3 cm³/mol. The van der Waals surface area contributed by atoms with E-state index in [1.807, 2.05) is 17.7 Å². The van der Waals surface area contributed by atoms with E-state index in [0.29, 0.717) is 11.3 Å². The Labute approximate surface area is 128 Å². The van der Waals surface area contributed by atoms with Gasteiger partial charge in [0.2, 0.25) is 10.3 Å². The minimum Gasteiger partial charge on any atom is -0.478 e. The molecule has 2 bridgehead atoms. The van der Waals surface area contributed by atoms with E-state index in [1.165, 1.54) is 0 Å². The maximum absolute atomic E-state index is 11.8. The van der Waals surface area contributed by atoms with Crippen LogP contribution in [-0.2, 0) is 28.6 Å². The third-order valence-corrected chi connectivity index (χ3v) is 5.83. The molecule has 1 saturated heterocycles. The van der Waals surface area contributed by atoms with Crippen LogP contribution >= 0.6 is 0 Å². The van der Waals surface area contributed by atoms with Crippen molar-refractivity contribution in [1.29, 1.82) is 0 Å². The molecule has 1 aliphatic carbocycles. The van der Waals surface area contributed by atoms with Crippen molar-refractivity contribution in [1.82, 2.24) is 9.88 Å². The first-order chi connectivity index (χ1) is 10.5. The summed E-state index contributed by atoms with van der Waals surface area (Å²) in [4.78, 5) is 11.7. The molecule has 116 valence electrons. The maximum Gasteiger partial charge on any atom is 0.337 e. The third kappa shape index (κ3) is 1.69. The fourth-order valence-electron chi connectivity index (χ4n) is 4.15. The second-order valence-corrected chi connectivity index (χ2v) is 7.09. The monoisotopic (exact) mass is 320 g/mol. The zero-order valence-electron chi connectivity index (χ0n) is 12.1. The number of fused-ring (bicyclic) bond motifs is 6. The number of aromatic nitrogens is 1. The highest BCUT2D eigenvalue weighted by Crippen LogP contribution is 2.34. The Morgan fingerprint density at radius 2 is 2.18 bits per heavy atom. The summed E-state index contributed by atoms with van der Waals surface area (Å²) in [6.07, 6.45) is 4.88. The number of carboxylic acids is 1. The number of rotatable bonds is 1. The fraction of sp³-hybridized carbons (Fsp3) is 0.467. The summed E-state index contributed by atoms with van der Waals surface area (Å²) in [7, 11) is -0.574. The molecule has 6 nitrogen and oxygen atoms in total. The van der Waals surface area contributed by atoms with E-state index in [9.17, 15) is 18.3 Å². The van der Waals surface area contributed by atoms with Crippen LogP contribution in [0.3, 0.4) is 0 Å². The average Bonchev–Trinajstić information content (AvgIpc) is 2.99. The summed E-state index contributed by atoms with van der Waals surface area (Å²) in [5.41, 5.74) is 2.08. The van der Waals surface area contributed by atoms with Crippen LogP contribution in [0.1, 0.15) is 36.6 Å². The lowest BCUT2D eigenvalue weighted by Crippen LogP contribution is -2.40. The maximum atomic E-state index is 11.8. The van der Waals surface area contributed by atoms with Gasteiger partial charge in [-0.2, -0.15) is 8.42 Å². The van der Waals surface area contributed by atoms with Gasteiger partial charge in [-0.3, -0.25) is 0 Å². The zero-order chi connectivity index (χ0) is 15.6. The Balaban J connectivity index is 2.22. The highest BCUT2D eigenvalue weighted by Gasteiger charge is 2.37. The molecule has 3 aliphatic rings. The lowest BCUT2D eigenvalue weighted by Gasteiger charge is -2.23. The van der Waals surface area contributed by atoms with Crippen molar-refractivity contribution in [3.8, 4) is 0 Å². The first kappa shape index (κ1) is 13.8. The van der Waals surface area contributed by atoms with Crippen molar-refractivity contribution in [3.05, 3.63) is 21.8 Å². The van der Waals surface area contributed by atoms with Crippen molar-refractivity contribution in [2.45, 2.75) is 37.8 Å². The van der Waals surface area contributed by atoms with Gasteiger partial charge in [-0.05, 0) is 18.4 Å². The highest BCUT2D eigenvalue weighted by atomic mass is 32.2. The van der Waals surface area contributed by atoms with Gasteiger partial charge in [0, 0.05) is 48.2 Å². The summed E-state index contributed by atoms with van der Waals surface area (Å²) >= 11 is 0. The first-order valence-electron chi connectivity index (χ1n) is 7.35. The Morgan fingerprint density at radius 3 is 2.86 bits per heavy atom. The van der Waals surface area contributed by atoms with E-state index in [0.717, 1.165) is 35.9 Å². The van der Waals surface area contributed by atoms with E-state index in [-0.39, 0.29) is 22.9 Å². The van der Waals surface area contributed by atoms with Gasteiger partial charge in [0.05, 0.1) is 10.4 Å². The molecule has 0 amide bonds. The van der Waals surface area contributed by atoms with Gasteiger partial charge in [-0.25, -0.2) is 4.79 Å². The minimum absolute atomic E-state index is 0.0199. The predicted octanol–water partition coefficient (Wildman–Crippen LogP) is -1.15. The van der Waals surface area contributed by atoms with E-state index < -0.39 is 16.3 Å². The van der Waals surface area contributed by atoms with Crippen LogP contribution in [0, 0.1) is 0 Å². The molecule has 2 atom stereocenters. The molecule has 1 aromatic rings. The standard InChI is InChI=1S/C15H16N2O4S/c1-17-9-4-5-11(22(20)21)14(15(18)19)13(9)12-8-3-2-7(16-8)6-10(12)17/h4,7-8,16H,2-3,5-6H2,1H3,(H,18,19). The summed E-state index contributed by atoms with van der Waals surface area (Å²) in [6.45, 7) is 0. The topological polar surface area (TPSA) is 88.4 Å². The summed E-state index contributed by atoms with van der Waals surface area (Å²) < 4.78 is 24.9. The number of hydrogen-bond acceptors (Lipinski definition) is 4. The Kier molecular flexibility index (Phi) is 2.86. The molecule has 2 aliphatic heterocycles. The van der Waals surface area contributed by atoms with E-state index in [2.05, 4.69) is 5.32 Å². The van der Waals surface area contributed by atoms with Crippen molar-refractivity contribution in [2.24, 2.45) is 7.05 Å². The third-order valence-electron chi connectivity index (χ3n) is 5.06. The Bertz CT molecular complexity index is 960. The smallest absolute Gasteiger partial charge is 0.337 e. The van der Waals surface area contributed by atoms with E-state index >= 15 is 0 Å². The largest absolute Gasteiger partial charge is 0.478 e. The van der Waals surface area contributed by atoms with Gasteiger partial charge in [-0.1, -0.05) is 6.08 Å². The molecule has 2 unspecified atom stereocenters. The second kappa shape index (κ2) is 4.57. The van der Waals surface area contributed by atoms with Crippen molar-refractivity contribution < 1.29 is 18.3 Å². The average molecular weight is 320 g/mol. The Hall–Kier alpha value is -1.86. The highest BCUT2D eigenvalue weighted by molar-refractivity contribution is 7.74. The van der Waals surface area contributed by atoms with Gasteiger partial charge in [-0.15, -0.1) is 0 Å². The van der Waals surface area contributed by atoms with Crippen LogP contribution in [0.25, 0.3) is 11.6 Å². The number of hydrogen-bond donors (Lipinski definition) is 2. The molecule has 0 aromatic carbocycles. The lowest BCUT2D eigenvalue weighted by atomic mass is 9.95. The normalized spacial score (nSPS) is 25.5. The summed E-state index contributed by atoms with van der Waals surface area (Å²) in [5.74, 6) is -1.16. The van der Waals surface area contributed by atoms with Crippen molar-refractivity contribution in [2.75, 3.05) is 0 Å². The van der Waals surface area contributed by atoms with Gasteiger partial charge >= 0.3 is 5.97 Å². The number of carbonyl (C=O) groups is 1. The van der Waals surface area contributed by atoms with Crippen LogP contribution in [0.4, 0.5) is 0 Å². The number of carboxylic acid groups (broad SMARTS) is 1. The molecule has 0 radical (unpaired) electrons. The molecule has 4 rings (SSSR count). The molecular formula is C15H16N2O4S. The molecule has 22 heavy (non-hydrogen) atoms.